The van der Waals surface area contributed by atoms with Crippen molar-refractivity contribution in [2.75, 3.05) is 24.4 Å². The first-order valence-electron chi connectivity index (χ1n) is 12.2. The van der Waals surface area contributed by atoms with E-state index in [-0.39, 0.29) is 23.6 Å². The molecule has 1 aliphatic rings. The fourth-order valence-electron chi connectivity index (χ4n) is 4.38. The Balaban J connectivity index is 1.77. The van der Waals surface area contributed by atoms with Crippen LogP contribution >= 0.6 is 0 Å². The first kappa shape index (κ1) is 24.7. The number of ether oxygens (including phenoxy) is 2. The number of benzene rings is 1. The number of pyridine rings is 1. The normalized spacial score (nSPS) is 16.3. The molecule has 0 radical (unpaired) electrons. The van der Waals surface area contributed by atoms with Crippen LogP contribution in [0.5, 0.6) is 0 Å². The van der Waals surface area contributed by atoms with Crippen LogP contribution in [0.3, 0.4) is 0 Å². The number of carbonyl (C=O) groups is 2. The summed E-state index contributed by atoms with van der Waals surface area (Å²) in [6.07, 6.45) is 4.31. The summed E-state index contributed by atoms with van der Waals surface area (Å²) in [6.45, 7) is 7.68. The smallest absolute Gasteiger partial charge is 0.356 e. The molecule has 35 heavy (non-hydrogen) atoms. The van der Waals surface area contributed by atoms with Crippen LogP contribution in [0.15, 0.2) is 36.5 Å². The molecule has 4 rings (SSSR count). The van der Waals surface area contributed by atoms with Crippen molar-refractivity contribution < 1.29 is 19.1 Å². The van der Waals surface area contributed by atoms with Gasteiger partial charge in [-0.15, -0.1) is 0 Å². The molecule has 8 heteroatoms. The molecule has 0 bridgehead atoms. The lowest BCUT2D eigenvalue weighted by Crippen LogP contribution is -2.23. The fraction of sp³-hybridized carbons (Fsp3) is 0.444. The number of hydrogen-bond donors (Lipinski definition) is 2. The summed E-state index contributed by atoms with van der Waals surface area (Å²) >= 11 is 0. The number of nitrogens with one attached hydrogen (secondary N) is 2. The molecule has 3 aromatic rings. The largest absolute Gasteiger partial charge is 0.464 e. The number of anilines is 2. The quantitative estimate of drug-likeness (QED) is 0.425. The number of fused-ring (bicyclic) bond motifs is 1. The lowest BCUT2D eigenvalue weighted by atomic mass is 10.1. The summed E-state index contributed by atoms with van der Waals surface area (Å²) in [6, 6.07) is 10.2. The van der Waals surface area contributed by atoms with Gasteiger partial charge < -0.3 is 24.7 Å². The SMILES string of the molecule is CC[C@@H](C)C(=O)Nc1c(C(=O)OC)n(C[C@@H]2CCCO2)c2ncc(NCc3cccc(C)c3)cc12. The van der Waals surface area contributed by atoms with Crippen LogP contribution in [0.4, 0.5) is 11.4 Å². The average Bonchev–Trinajstić information content (AvgIpc) is 3.48. The number of aromatic nitrogens is 2. The van der Waals surface area contributed by atoms with E-state index >= 15 is 0 Å². The van der Waals surface area contributed by atoms with Gasteiger partial charge in [0.1, 0.15) is 5.65 Å². The van der Waals surface area contributed by atoms with E-state index in [1.165, 1.54) is 12.7 Å². The molecule has 1 aliphatic heterocycles. The van der Waals surface area contributed by atoms with Crippen LogP contribution in [0.2, 0.25) is 0 Å². The summed E-state index contributed by atoms with van der Waals surface area (Å²) < 4.78 is 12.8. The van der Waals surface area contributed by atoms with E-state index in [1.54, 1.807) is 6.20 Å². The van der Waals surface area contributed by atoms with Crippen molar-refractivity contribution in [1.29, 1.82) is 0 Å². The molecule has 0 saturated carbocycles. The Hall–Kier alpha value is -3.39. The Morgan fingerprint density at radius 2 is 2.14 bits per heavy atom. The van der Waals surface area contributed by atoms with Crippen LogP contribution < -0.4 is 10.6 Å². The Bertz CT molecular complexity index is 1210. The Kier molecular flexibility index (Phi) is 7.70. The first-order chi connectivity index (χ1) is 16.9. The molecule has 1 fully saturated rings. The number of carbonyl (C=O) groups excluding carboxylic acids is 2. The van der Waals surface area contributed by atoms with E-state index in [0.29, 0.717) is 42.8 Å². The van der Waals surface area contributed by atoms with Crippen molar-refractivity contribution in [1.82, 2.24) is 9.55 Å². The minimum atomic E-state index is -0.519. The zero-order valence-electron chi connectivity index (χ0n) is 20.9. The van der Waals surface area contributed by atoms with Gasteiger partial charge in [-0.25, -0.2) is 9.78 Å². The number of nitrogens with zero attached hydrogens (tertiary/aromatic N) is 2. The monoisotopic (exact) mass is 478 g/mol. The number of amides is 1. The summed E-state index contributed by atoms with van der Waals surface area (Å²) in [5.41, 5.74) is 4.48. The van der Waals surface area contributed by atoms with Gasteiger partial charge in [0, 0.05) is 24.5 Å². The van der Waals surface area contributed by atoms with E-state index in [9.17, 15) is 9.59 Å². The standard InChI is InChI=1S/C27H34N4O4/c1-5-18(3)26(32)30-23-22-13-20(28-14-19-9-6-8-17(2)12-19)15-29-25(22)31(24(23)27(33)34-4)16-21-10-7-11-35-21/h6,8-9,12-13,15,18,21,28H,5,7,10-11,14,16H2,1-4H3,(H,30,32)/t18-,21+/m1/s1. The highest BCUT2D eigenvalue weighted by Gasteiger charge is 2.29. The molecule has 0 unspecified atom stereocenters. The van der Waals surface area contributed by atoms with Gasteiger partial charge in [0.15, 0.2) is 5.69 Å². The summed E-state index contributed by atoms with van der Waals surface area (Å²) in [7, 11) is 1.35. The maximum atomic E-state index is 13.0. The lowest BCUT2D eigenvalue weighted by molar-refractivity contribution is -0.119. The third-order valence-electron chi connectivity index (χ3n) is 6.57. The van der Waals surface area contributed by atoms with Gasteiger partial charge in [-0.3, -0.25) is 4.79 Å². The topological polar surface area (TPSA) is 94.5 Å². The first-order valence-corrected chi connectivity index (χ1v) is 12.2. The molecule has 2 N–H and O–H groups in total. The Labute approximate surface area is 206 Å². The Morgan fingerprint density at radius 3 is 2.83 bits per heavy atom. The van der Waals surface area contributed by atoms with Crippen LogP contribution in [0.25, 0.3) is 11.0 Å². The Morgan fingerprint density at radius 1 is 1.31 bits per heavy atom. The number of esters is 1. The molecule has 1 aromatic carbocycles. The highest BCUT2D eigenvalue weighted by atomic mass is 16.5. The van der Waals surface area contributed by atoms with Gasteiger partial charge in [-0.1, -0.05) is 43.7 Å². The second-order valence-corrected chi connectivity index (χ2v) is 9.20. The summed E-state index contributed by atoms with van der Waals surface area (Å²) in [5.74, 6) is -0.866. The molecule has 186 valence electrons. The predicted molar refractivity (Wildman–Crippen MR) is 137 cm³/mol. The van der Waals surface area contributed by atoms with Crippen molar-refractivity contribution in [3.8, 4) is 0 Å². The highest BCUT2D eigenvalue weighted by molar-refractivity contribution is 6.11. The van der Waals surface area contributed by atoms with Gasteiger partial charge in [-0.2, -0.15) is 0 Å². The molecule has 2 aromatic heterocycles. The zero-order valence-corrected chi connectivity index (χ0v) is 20.9. The van der Waals surface area contributed by atoms with Gasteiger partial charge in [-0.05, 0) is 37.8 Å². The number of aryl methyl sites for hydroxylation is 1. The molecule has 1 saturated heterocycles. The minimum absolute atomic E-state index is 0.0203. The van der Waals surface area contributed by atoms with E-state index in [2.05, 4.69) is 35.8 Å². The van der Waals surface area contributed by atoms with E-state index < -0.39 is 5.97 Å². The van der Waals surface area contributed by atoms with Crippen molar-refractivity contribution in [3.05, 3.63) is 53.3 Å². The van der Waals surface area contributed by atoms with Crippen LogP contribution in [-0.4, -0.2) is 41.2 Å². The van der Waals surface area contributed by atoms with Crippen LogP contribution in [0.1, 0.15) is 54.7 Å². The van der Waals surface area contributed by atoms with Crippen LogP contribution in [-0.2, 0) is 27.4 Å². The molecular weight excluding hydrogens is 444 g/mol. The van der Waals surface area contributed by atoms with Gasteiger partial charge in [0.05, 0.1) is 37.3 Å². The molecule has 1 amide bonds. The third-order valence-corrected chi connectivity index (χ3v) is 6.57. The molecule has 0 aliphatic carbocycles. The number of rotatable bonds is 9. The highest BCUT2D eigenvalue weighted by Crippen LogP contribution is 2.34. The van der Waals surface area contributed by atoms with Crippen molar-refractivity contribution in [3.63, 3.8) is 0 Å². The molecule has 0 spiro atoms. The number of hydrogen-bond acceptors (Lipinski definition) is 6. The van der Waals surface area contributed by atoms with Gasteiger partial charge in [0.25, 0.3) is 0 Å². The summed E-state index contributed by atoms with van der Waals surface area (Å²) in [5, 5.41) is 7.11. The molecule has 2 atom stereocenters. The predicted octanol–water partition coefficient (Wildman–Crippen LogP) is 4.91. The van der Waals surface area contributed by atoms with E-state index in [1.807, 2.05) is 30.5 Å². The maximum absolute atomic E-state index is 13.0. The fourth-order valence-corrected chi connectivity index (χ4v) is 4.38. The van der Waals surface area contributed by atoms with Crippen molar-refractivity contribution in [2.24, 2.45) is 5.92 Å². The molecular formula is C27H34N4O4. The minimum Gasteiger partial charge on any atom is -0.464 e. The summed E-state index contributed by atoms with van der Waals surface area (Å²) in [4.78, 5) is 30.6. The average molecular weight is 479 g/mol. The van der Waals surface area contributed by atoms with Crippen LogP contribution in [0, 0.1) is 12.8 Å². The lowest BCUT2D eigenvalue weighted by Gasteiger charge is -2.15. The zero-order chi connectivity index (χ0) is 24.9. The van der Waals surface area contributed by atoms with Gasteiger partial charge in [0.2, 0.25) is 5.91 Å². The third kappa shape index (κ3) is 5.48. The van der Waals surface area contributed by atoms with Crippen molar-refractivity contribution >= 4 is 34.3 Å². The second kappa shape index (κ2) is 10.9. The molecule has 3 heterocycles. The second-order valence-electron chi connectivity index (χ2n) is 9.20. The van der Waals surface area contributed by atoms with E-state index in [4.69, 9.17) is 14.5 Å². The number of methoxy groups -OCH3 is 1. The van der Waals surface area contributed by atoms with E-state index in [0.717, 1.165) is 24.1 Å². The molecule has 8 nitrogen and oxygen atoms in total. The van der Waals surface area contributed by atoms with Crippen molar-refractivity contribution in [2.45, 2.75) is 59.2 Å². The van der Waals surface area contributed by atoms with Gasteiger partial charge >= 0.3 is 5.97 Å². The maximum Gasteiger partial charge on any atom is 0.356 e.